The highest BCUT2D eigenvalue weighted by Crippen LogP contribution is 2.33. The Morgan fingerprint density at radius 2 is 1.55 bits per heavy atom. The first-order valence-electron chi connectivity index (χ1n) is 13.2. The molecule has 2 aromatic carbocycles. The van der Waals surface area contributed by atoms with Gasteiger partial charge < -0.3 is 40.8 Å². The number of hydrogen-bond donors (Lipinski definition) is 0. The molecule has 0 atom stereocenters. The van der Waals surface area contributed by atoms with Crippen LogP contribution in [0.5, 0.6) is 0 Å². The molecule has 38 heavy (non-hydrogen) atoms. The van der Waals surface area contributed by atoms with E-state index >= 15 is 0 Å². The minimum absolute atomic E-state index is 0. The van der Waals surface area contributed by atoms with Crippen molar-refractivity contribution in [3.8, 4) is 0 Å². The lowest BCUT2D eigenvalue weighted by molar-refractivity contribution is -0.673. The minimum Gasteiger partial charge on any atom is -1.00 e. The molecule has 198 valence electrons. The van der Waals surface area contributed by atoms with Crippen molar-refractivity contribution in [2.75, 3.05) is 37.9 Å². The molecule has 3 aromatic rings. The zero-order valence-corrected chi connectivity index (χ0v) is 23.0. The summed E-state index contributed by atoms with van der Waals surface area (Å²) in [7, 11) is 0. The molecule has 3 aliphatic rings. The number of benzene rings is 2. The number of ether oxygens (including phenoxy) is 4. The molecule has 7 heteroatoms. The van der Waals surface area contributed by atoms with Crippen LogP contribution in [0.4, 0.5) is 5.69 Å². The molecule has 2 fully saturated rings. The van der Waals surface area contributed by atoms with E-state index in [9.17, 15) is 0 Å². The van der Waals surface area contributed by atoms with Crippen molar-refractivity contribution in [2.24, 2.45) is 0 Å². The smallest absolute Gasteiger partial charge is 0.213 e. The largest absolute Gasteiger partial charge is 1.00 e. The van der Waals surface area contributed by atoms with Crippen LogP contribution in [-0.4, -0.2) is 45.6 Å². The highest BCUT2D eigenvalue weighted by molar-refractivity contribution is 5.89. The number of nitrogens with zero attached hydrogens (tertiary/aromatic N) is 2. The SMILES string of the molecule is C1=CN(CCC2OCCO2)c2ccccc2/C1=C/C=C/c1cc[n+](CCC2OCCO2)c2ccccc12.[Br-]. The monoisotopic (exact) mass is 576 g/mol. The van der Waals surface area contributed by atoms with Gasteiger partial charge in [-0.25, -0.2) is 0 Å². The van der Waals surface area contributed by atoms with Crippen LogP contribution in [0.1, 0.15) is 24.0 Å². The second-order valence-electron chi connectivity index (χ2n) is 9.41. The quantitative estimate of drug-likeness (QED) is 0.384. The van der Waals surface area contributed by atoms with Crippen molar-refractivity contribution in [1.82, 2.24) is 0 Å². The summed E-state index contributed by atoms with van der Waals surface area (Å²) in [5, 5.41) is 1.23. The van der Waals surface area contributed by atoms with E-state index < -0.39 is 0 Å². The fourth-order valence-electron chi connectivity index (χ4n) is 5.19. The topological polar surface area (TPSA) is 44.0 Å². The number of halogens is 1. The number of anilines is 1. The van der Waals surface area contributed by atoms with E-state index in [0.29, 0.717) is 26.4 Å². The zero-order valence-electron chi connectivity index (χ0n) is 21.4. The van der Waals surface area contributed by atoms with Crippen LogP contribution in [0.3, 0.4) is 0 Å². The normalized spacial score (nSPS) is 19.1. The third kappa shape index (κ3) is 6.08. The van der Waals surface area contributed by atoms with Crippen LogP contribution in [0.2, 0.25) is 0 Å². The summed E-state index contributed by atoms with van der Waals surface area (Å²) in [4.78, 5) is 2.28. The van der Waals surface area contributed by atoms with Gasteiger partial charge in [0.2, 0.25) is 5.52 Å². The van der Waals surface area contributed by atoms with Crippen molar-refractivity contribution < 1.29 is 40.5 Å². The first kappa shape index (κ1) is 26.8. The molecule has 0 unspecified atom stereocenters. The van der Waals surface area contributed by atoms with Gasteiger partial charge in [-0.1, -0.05) is 48.6 Å². The van der Waals surface area contributed by atoms with E-state index in [0.717, 1.165) is 25.9 Å². The van der Waals surface area contributed by atoms with Crippen molar-refractivity contribution in [2.45, 2.75) is 32.0 Å². The van der Waals surface area contributed by atoms with Crippen LogP contribution in [0.25, 0.3) is 22.6 Å². The molecule has 0 saturated carbocycles. The number of hydrogen-bond acceptors (Lipinski definition) is 5. The maximum Gasteiger partial charge on any atom is 0.213 e. The molecule has 0 spiro atoms. The van der Waals surface area contributed by atoms with Gasteiger partial charge in [-0.15, -0.1) is 0 Å². The van der Waals surface area contributed by atoms with Crippen molar-refractivity contribution in [1.29, 1.82) is 0 Å². The molecule has 0 radical (unpaired) electrons. The van der Waals surface area contributed by atoms with Gasteiger partial charge in [-0.05, 0) is 29.3 Å². The molecule has 0 bridgehead atoms. The Morgan fingerprint density at radius 3 is 2.37 bits per heavy atom. The highest BCUT2D eigenvalue weighted by Gasteiger charge is 2.21. The molecule has 3 aliphatic heterocycles. The van der Waals surface area contributed by atoms with E-state index in [1.54, 1.807) is 0 Å². The van der Waals surface area contributed by atoms with Crippen LogP contribution in [0.15, 0.2) is 85.2 Å². The molecule has 4 heterocycles. The summed E-state index contributed by atoms with van der Waals surface area (Å²) in [6.45, 7) is 4.48. The molecule has 6 nitrogen and oxygen atoms in total. The number of aromatic nitrogens is 1. The summed E-state index contributed by atoms with van der Waals surface area (Å²) < 4.78 is 24.8. The summed E-state index contributed by atoms with van der Waals surface area (Å²) in [6, 6.07) is 19.3. The third-order valence-corrected chi connectivity index (χ3v) is 7.06. The molecule has 0 N–H and O–H groups in total. The van der Waals surface area contributed by atoms with Crippen LogP contribution in [0, 0.1) is 0 Å². The standard InChI is InChI=1S/C31H33N2O4.BrH/c1-3-10-28-26(8-1)24(12-16-32(28)18-14-30-34-20-21-35-30)6-5-7-25-13-17-33(19-15-31-36-22-23-37-31)29-11-4-2-9-27(25)29;/h1-13,16-17,30-31H,14-15,18-23H2;1H/q+1;/p-1. The molecule has 1 aromatic heterocycles. The minimum atomic E-state index is -0.0933. The Bertz CT molecular complexity index is 1330. The Morgan fingerprint density at radius 1 is 0.842 bits per heavy atom. The first-order valence-corrected chi connectivity index (χ1v) is 13.2. The number of para-hydroxylation sites is 2. The van der Waals surface area contributed by atoms with Gasteiger partial charge in [-0.2, -0.15) is 4.57 Å². The number of allylic oxidation sites excluding steroid dienone is 4. The molecule has 0 aliphatic carbocycles. The summed E-state index contributed by atoms with van der Waals surface area (Å²) in [5.41, 5.74) is 6.05. The second-order valence-corrected chi connectivity index (χ2v) is 9.41. The lowest BCUT2D eigenvalue weighted by atomic mass is 9.99. The average Bonchev–Trinajstić information content (AvgIpc) is 3.67. The zero-order chi connectivity index (χ0) is 24.9. The van der Waals surface area contributed by atoms with Crippen molar-refractivity contribution in [3.05, 3.63) is 96.3 Å². The molecular formula is C31H33BrN2O4. The van der Waals surface area contributed by atoms with Crippen LogP contribution in [-0.2, 0) is 25.5 Å². The Kier molecular flexibility index (Phi) is 9.04. The van der Waals surface area contributed by atoms with Gasteiger partial charge >= 0.3 is 0 Å². The first-order chi connectivity index (χ1) is 18.3. The maximum atomic E-state index is 5.62. The van der Waals surface area contributed by atoms with E-state index in [2.05, 4.69) is 101 Å². The third-order valence-electron chi connectivity index (χ3n) is 7.06. The lowest BCUT2D eigenvalue weighted by Crippen LogP contribution is -3.00. The molecule has 0 amide bonds. The van der Waals surface area contributed by atoms with Crippen molar-refractivity contribution in [3.63, 3.8) is 0 Å². The Balaban J connectivity index is 0.00000294. The maximum absolute atomic E-state index is 5.62. The van der Waals surface area contributed by atoms with E-state index in [4.69, 9.17) is 18.9 Å². The Labute approximate surface area is 234 Å². The fourth-order valence-corrected chi connectivity index (χ4v) is 5.19. The van der Waals surface area contributed by atoms with Gasteiger partial charge in [0, 0.05) is 42.5 Å². The van der Waals surface area contributed by atoms with E-state index in [1.807, 2.05) is 0 Å². The summed E-state index contributed by atoms with van der Waals surface area (Å²) >= 11 is 0. The number of fused-ring (bicyclic) bond motifs is 2. The van der Waals surface area contributed by atoms with Gasteiger partial charge in [0.1, 0.15) is 0 Å². The molecule has 2 saturated heterocycles. The van der Waals surface area contributed by atoms with Crippen LogP contribution >= 0.6 is 0 Å². The summed E-state index contributed by atoms with van der Waals surface area (Å²) in [5.74, 6) is 0. The van der Waals surface area contributed by atoms with Crippen LogP contribution < -0.4 is 26.4 Å². The summed E-state index contributed by atoms with van der Waals surface area (Å²) in [6.07, 6.45) is 14.6. The second kappa shape index (κ2) is 12.8. The van der Waals surface area contributed by atoms with Gasteiger partial charge in [0.25, 0.3) is 0 Å². The number of rotatable bonds is 8. The van der Waals surface area contributed by atoms with E-state index in [1.165, 1.54) is 33.3 Å². The number of pyridine rings is 1. The van der Waals surface area contributed by atoms with E-state index in [-0.39, 0.29) is 29.6 Å². The Hall–Kier alpha value is -2.81. The van der Waals surface area contributed by atoms with Gasteiger partial charge in [0.15, 0.2) is 25.3 Å². The van der Waals surface area contributed by atoms with Crippen molar-refractivity contribution >= 4 is 28.2 Å². The predicted octanol–water partition coefficient (Wildman–Crippen LogP) is 2.09. The predicted molar refractivity (Wildman–Crippen MR) is 145 cm³/mol. The average molecular weight is 578 g/mol. The lowest BCUT2D eigenvalue weighted by Gasteiger charge is -2.28. The highest BCUT2D eigenvalue weighted by atomic mass is 79.9. The molecular weight excluding hydrogens is 544 g/mol. The number of aryl methyl sites for hydroxylation is 1. The van der Waals surface area contributed by atoms with Gasteiger partial charge in [-0.3, -0.25) is 0 Å². The molecule has 6 rings (SSSR count). The fraction of sp³-hybridized carbons (Fsp3) is 0.323. The van der Waals surface area contributed by atoms with Gasteiger partial charge in [0.05, 0.1) is 38.2 Å².